The zero-order valence-electron chi connectivity index (χ0n) is 10.9. The van der Waals surface area contributed by atoms with Gasteiger partial charge in [-0.1, -0.05) is 31.7 Å². The number of hydrogen-bond acceptors (Lipinski definition) is 2. The van der Waals surface area contributed by atoms with Crippen LogP contribution in [0.25, 0.3) is 0 Å². The van der Waals surface area contributed by atoms with Crippen molar-refractivity contribution in [2.75, 3.05) is 6.54 Å². The summed E-state index contributed by atoms with van der Waals surface area (Å²) in [6.45, 7) is 4.17. The Balaban J connectivity index is 1.58. The van der Waals surface area contributed by atoms with Crippen molar-refractivity contribution in [2.45, 2.75) is 52.0 Å². The Morgan fingerprint density at radius 3 is 2.94 bits per heavy atom. The zero-order valence-corrected chi connectivity index (χ0v) is 10.9. The van der Waals surface area contributed by atoms with Crippen LogP contribution in [0.5, 0.6) is 0 Å². The molecule has 0 aliphatic heterocycles. The molecular weight excluding hydrogens is 208 g/mol. The summed E-state index contributed by atoms with van der Waals surface area (Å²) in [5.74, 6) is 1.02. The maximum atomic E-state index is 4.39. The maximum absolute atomic E-state index is 4.39. The minimum absolute atomic E-state index is 0.914. The van der Waals surface area contributed by atoms with Crippen LogP contribution in [-0.4, -0.2) is 11.5 Å². The number of rotatable bonds is 6. The molecule has 1 aliphatic rings. The van der Waals surface area contributed by atoms with Gasteiger partial charge in [0.05, 0.1) is 5.69 Å². The van der Waals surface area contributed by atoms with Crippen LogP contribution >= 0.6 is 0 Å². The summed E-state index contributed by atoms with van der Waals surface area (Å²) in [5.41, 5.74) is 2.48. The quantitative estimate of drug-likeness (QED) is 0.760. The summed E-state index contributed by atoms with van der Waals surface area (Å²) in [7, 11) is 0. The van der Waals surface area contributed by atoms with Crippen molar-refractivity contribution in [2.24, 2.45) is 5.92 Å². The molecule has 1 aliphatic carbocycles. The van der Waals surface area contributed by atoms with Crippen LogP contribution in [0, 0.1) is 12.8 Å². The van der Waals surface area contributed by atoms with Gasteiger partial charge in [-0.15, -0.1) is 0 Å². The molecule has 2 rings (SSSR count). The summed E-state index contributed by atoms with van der Waals surface area (Å²) in [6.07, 6.45) is 10.5. The molecule has 17 heavy (non-hydrogen) atoms. The molecule has 1 fully saturated rings. The zero-order chi connectivity index (χ0) is 11.9. The van der Waals surface area contributed by atoms with Crippen molar-refractivity contribution < 1.29 is 0 Å². The Kier molecular flexibility index (Phi) is 4.99. The van der Waals surface area contributed by atoms with Crippen molar-refractivity contribution in [3.05, 3.63) is 29.6 Å². The van der Waals surface area contributed by atoms with E-state index in [4.69, 9.17) is 0 Å². The standard InChI is InChI=1S/C15H24N2/c1-13-6-4-11-17-15(13)12-16-10-5-9-14-7-2-3-8-14/h4,6,11,14,16H,2-3,5,7-10,12H2,1H3. The molecule has 1 aromatic rings. The molecule has 2 nitrogen and oxygen atoms in total. The molecule has 0 aromatic carbocycles. The lowest BCUT2D eigenvalue weighted by molar-refractivity contribution is 0.469. The summed E-state index contributed by atoms with van der Waals surface area (Å²) >= 11 is 0. The Morgan fingerprint density at radius 2 is 2.18 bits per heavy atom. The van der Waals surface area contributed by atoms with Crippen molar-refractivity contribution in [3.8, 4) is 0 Å². The molecule has 0 spiro atoms. The second-order valence-electron chi connectivity index (χ2n) is 5.24. The van der Waals surface area contributed by atoms with E-state index in [0.717, 1.165) is 19.0 Å². The number of aryl methyl sites for hydroxylation is 1. The van der Waals surface area contributed by atoms with Gasteiger partial charge in [0.2, 0.25) is 0 Å². The molecule has 0 amide bonds. The third kappa shape index (κ3) is 4.12. The first-order chi connectivity index (χ1) is 8.36. The highest BCUT2D eigenvalue weighted by atomic mass is 14.9. The average molecular weight is 232 g/mol. The van der Waals surface area contributed by atoms with Gasteiger partial charge in [-0.2, -0.15) is 0 Å². The number of hydrogen-bond donors (Lipinski definition) is 1. The molecule has 94 valence electrons. The SMILES string of the molecule is Cc1cccnc1CNCCCC1CCCC1. The molecule has 1 aromatic heterocycles. The maximum Gasteiger partial charge on any atom is 0.0570 e. The highest BCUT2D eigenvalue weighted by molar-refractivity contribution is 5.17. The van der Waals surface area contributed by atoms with Gasteiger partial charge >= 0.3 is 0 Å². The largest absolute Gasteiger partial charge is 0.311 e. The molecule has 0 radical (unpaired) electrons. The van der Waals surface area contributed by atoms with Gasteiger partial charge in [-0.05, 0) is 43.9 Å². The van der Waals surface area contributed by atoms with Crippen LogP contribution < -0.4 is 5.32 Å². The van der Waals surface area contributed by atoms with Gasteiger partial charge in [0.25, 0.3) is 0 Å². The van der Waals surface area contributed by atoms with E-state index in [9.17, 15) is 0 Å². The Labute approximate surface area is 105 Å². The molecule has 0 saturated heterocycles. The topological polar surface area (TPSA) is 24.9 Å². The number of pyridine rings is 1. The average Bonchev–Trinajstić information content (AvgIpc) is 2.84. The molecular formula is C15H24N2. The van der Waals surface area contributed by atoms with E-state index in [2.05, 4.69) is 23.3 Å². The minimum Gasteiger partial charge on any atom is -0.311 e. The van der Waals surface area contributed by atoms with E-state index in [1.54, 1.807) is 0 Å². The highest BCUT2D eigenvalue weighted by Gasteiger charge is 2.13. The van der Waals surface area contributed by atoms with Crippen molar-refractivity contribution in [1.29, 1.82) is 0 Å². The third-order valence-corrected chi connectivity index (χ3v) is 3.85. The Bertz CT molecular complexity index is 329. The van der Waals surface area contributed by atoms with Gasteiger partial charge in [-0.3, -0.25) is 4.98 Å². The van der Waals surface area contributed by atoms with Crippen LogP contribution in [0.3, 0.4) is 0 Å². The Hall–Kier alpha value is -0.890. The summed E-state index contributed by atoms with van der Waals surface area (Å²) in [5, 5.41) is 3.50. The second-order valence-corrected chi connectivity index (χ2v) is 5.24. The highest BCUT2D eigenvalue weighted by Crippen LogP contribution is 2.28. The van der Waals surface area contributed by atoms with E-state index < -0.39 is 0 Å². The summed E-state index contributed by atoms with van der Waals surface area (Å²) in [4.78, 5) is 4.39. The lowest BCUT2D eigenvalue weighted by Gasteiger charge is -2.09. The monoisotopic (exact) mass is 232 g/mol. The second kappa shape index (κ2) is 6.75. The Morgan fingerprint density at radius 1 is 1.35 bits per heavy atom. The fraction of sp³-hybridized carbons (Fsp3) is 0.667. The van der Waals surface area contributed by atoms with E-state index in [-0.39, 0.29) is 0 Å². The van der Waals surface area contributed by atoms with Crippen LogP contribution in [0.4, 0.5) is 0 Å². The predicted molar refractivity (Wildman–Crippen MR) is 71.9 cm³/mol. The normalized spacial score (nSPS) is 16.5. The smallest absolute Gasteiger partial charge is 0.0570 e. The van der Waals surface area contributed by atoms with Crippen LogP contribution in [0.1, 0.15) is 49.8 Å². The molecule has 0 atom stereocenters. The molecule has 1 saturated carbocycles. The molecule has 1 heterocycles. The van der Waals surface area contributed by atoms with Crippen molar-refractivity contribution in [3.63, 3.8) is 0 Å². The lowest BCUT2D eigenvalue weighted by atomic mass is 10.0. The van der Waals surface area contributed by atoms with Gasteiger partial charge in [0.1, 0.15) is 0 Å². The van der Waals surface area contributed by atoms with E-state index in [0.29, 0.717) is 0 Å². The lowest BCUT2D eigenvalue weighted by Crippen LogP contribution is -2.17. The van der Waals surface area contributed by atoms with Crippen molar-refractivity contribution in [1.82, 2.24) is 10.3 Å². The number of nitrogens with one attached hydrogen (secondary N) is 1. The van der Waals surface area contributed by atoms with Crippen LogP contribution in [0.2, 0.25) is 0 Å². The van der Waals surface area contributed by atoms with Crippen molar-refractivity contribution >= 4 is 0 Å². The summed E-state index contributed by atoms with van der Waals surface area (Å²) < 4.78 is 0. The first-order valence-corrected chi connectivity index (χ1v) is 6.97. The fourth-order valence-electron chi connectivity index (χ4n) is 2.73. The molecule has 2 heteroatoms. The third-order valence-electron chi connectivity index (χ3n) is 3.85. The minimum atomic E-state index is 0.914. The van der Waals surface area contributed by atoms with Gasteiger partial charge in [-0.25, -0.2) is 0 Å². The molecule has 1 N–H and O–H groups in total. The van der Waals surface area contributed by atoms with Crippen LogP contribution in [-0.2, 0) is 6.54 Å². The van der Waals surface area contributed by atoms with Gasteiger partial charge in [0, 0.05) is 12.7 Å². The number of nitrogens with zero attached hydrogens (tertiary/aromatic N) is 1. The van der Waals surface area contributed by atoms with Gasteiger partial charge in [0.15, 0.2) is 0 Å². The first-order valence-electron chi connectivity index (χ1n) is 6.97. The van der Waals surface area contributed by atoms with Gasteiger partial charge < -0.3 is 5.32 Å². The number of aromatic nitrogens is 1. The van der Waals surface area contributed by atoms with E-state index in [1.165, 1.54) is 49.8 Å². The first kappa shape index (κ1) is 12.6. The van der Waals surface area contributed by atoms with E-state index >= 15 is 0 Å². The summed E-state index contributed by atoms with van der Waals surface area (Å²) in [6, 6.07) is 4.13. The molecule has 0 bridgehead atoms. The fourth-order valence-corrected chi connectivity index (χ4v) is 2.73. The molecule has 0 unspecified atom stereocenters. The predicted octanol–water partition coefficient (Wildman–Crippen LogP) is 3.45. The van der Waals surface area contributed by atoms with Crippen LogP contribution in [0.15, 0.2) is 18.3 Å². The van der Waals surface area contributed by atoms with E-state index in [1.807, 2.05) is 12.3 Å².